The van der Waals surface area contributed by atoms with Crippen molar-refractivity contribution in [3.63, 3.8) is 0 Å². The van der Waals surface area contributed by atoms with E-state index >= 15 is 0 Å². The number of methoxy groups -OCH3 is 1. The van der Waals surface area contributed by atoms with Gasteiger partial charge in [-0.3, -0.25) is 4.79 Å². The molecule has 3 heterocycles. The summed E-state index contributed by atoms with van der Waals surface area (Å²) in [7, 11) is 1.55. The van der Waals surface area contributed by atoms with Crippen LogP contribution >= 0.6 is 11.6 Å². The first-order valence-corrected chi connectivity index (χ1v) is 9.10. The molecular formula is C18H21ClN2O6. The van der Waals surface area contributed by atoms with Gasteiger partial charge in [0, 0.05) is 12.1 Å². The summed E-state index contributed by atoms with van der Waals surface area (Å²) < 4.78 is 23.1. The zero-order valence-corrected chi connectivity index (χ0v) is 15.9. The second-order valence-electron chi connectivity index (χ2n) is 7.24. The summed E-state index contributed by atoms with van der Waals surface area (Å²) in [5.74, 6) is -1.10. The molecule has 3 amide bonds. The predicted molar refractivity (Wildman–Crippen MR) is 95.4 cm³/mol. The number of nitrogens with zero attached hydrogens (tertiary/aromatic N) is 1. The van der Waals surface area contributed by atoms with Gasteiger partial charge < -0.3 is 24.3 Å². The number of urea groups is 1. The number of rotatable bonds is 3. The Hall–Kier alpha value is -1.71. The smallest absolute Gasteiger partial charge is 0.329 e. The third kappa shape index (κ3) is 3.32. The standard InChI is InChI=1S/C18H21ClN2O6/c1-18(2)26-15-14(24-3)13(25-16(15)27-18)11-8-12(22)21(17(23)20-11)10-6-4-9(19)5-7-10/h4-7,11,13-16H,8H2,1-3H3,(H,20,23)/t11?,13-,14+,15-,16-/m1/s1. The molecule has 0 radical (unpaired) electrons. The fraction of sp³-hybridized carbons (Fsp3) is 0.556. The Morgan fingerprint density at radius 2 is 1.89 bits per heavy atom. The van der Waals surface area contributed by atoms with Crippen molar-refractivity contribution in [1.82, 2.24) is 5.32 Å². The van der Waals surface area contributed by atoms with E-state index in [2.05, 4.69) is 5.32 Å². The molecule has 5 atom stereocenters. The van der Waals surface area contributed by atoms with Gasteiger partial charge >= 0.3 is 6.03 Å². The second-order valence-corrected chi connectivity index (χ2v) is 7.67. The van der Waals surface area contributed by atoms with Gasteiger partial charge in [-0.1, -0.05) is 11.6 Å². The molecule has 3 aliphatic rings. The third-order valence-electron chi connectivity index (χ3n) is 4.94. The van der Waals surface area contributed by atoms with Gasteiger partial charge in [0.1, 0.15) is 18.3 Å². The average molecular weight is 397 g/mol. The highest BCUT2D eigenvalue weighted by molar-refractivity contribution is 6.30. The quantitative estimate of drug-likeness (QED) is 0.841. The van der Waals surface area contributed by atoms with Crippen LogP contribution in [0.1, 0.15) is 20.3 Å². The molecule has 146 valence electrons. The van der Waals surface area contributed by atoms with Crippen molar-refractivity contribution in [3.8, 4) is 0 Å². The number of fused-ring (bicyclic) bond motifs is 1. The van der Waals surface area contributed by atoms with E-state index in [0.29, 0.717) is 10.7 Å². The highest BCUT2D eigenvalue weighted by Crippen LogP contribution is 2.40. The number of benzene rings is 1. The van der Waals surface area contributed by atoms with E-state index in [1.54, 1.807) is 45.2 Å². The number of amides is 3. The summed E-state index contributed by atoms with van der Waals surface area (Å²) in [6.45, 7) is 3.60. The molecule has 1 unspecified atom stereocenters. The lowest BCUT2D eigenvalue weighted by Crippen LogP contribution is -2.60. The van der Waals surface area contributed by atoms with Gasteiger partial charge in [-0.25, -0.2) is 9.69 Å². The third-order valence-corrected chi connectivity index (χ3v) is 5.19. The van der Waals surface area contributed by atoms with Crippen LogP contribution in [0.3, 0.4) is 0 Å². The van der Waals surface area contributed by atoms with E-state index in [9.17, 15) is 9.59 Å². The van der Waals surface area contributed by atoms with E-state index in [4.69, 9.17) is 30.5 Å². The van der Waals surface area contributed by atoms with Crippen LogP contribution < -0.4 is 10.2 Å². The SMILES string of the molecule is CO[C@@H]1[C@H]2OC(C)(C)O[C@H]2O[C@@H]1C1CC(=O)N(c2ccc(Cl)cc2)C(=O)N1. The number of carbonyl (C=O) groups is 2. The minimum atomic E-state index is -0.770. The lowest BCUT2D eigenvalue weighted by Gasteiger charge is -2.36. The largest absolute Gasteiger partial charge is 0.376 e. The monoisotopic (exact) mass is 396 g/mol. The van der Waals surface area contributed by atoms with Gasteiger partial charge in [-0.2, -0.15) is 0 Å². The lowest BCUT2D eigenvalue weighted by atomic mass is 9.98. The summed E-state index contributed by atoms with van der Waals surface area (Å²) in [5, 5.41) is 3.37. The van der Waals surface area contributed by atoms with Crippen LogP contribution in [0, 0.1) is 0 Å². The Kier molecular flexibility index (Phi) is 4.64. The normalized spacial score (nSPS) is 35.3. The topological polar surface area (TPSA) is 86.3 Å². The fourth-order valence-electron chi connectivity index (χ4n) is 3.81. The number of halogens is 1. The Morgan fingerprint density at radius 1 is 1.19 bits per heavy atom. The molecule has 0 aliphatic carbocycles. The molecule has 0 saturated carbocycles. The van der Waals surface area contributed by atoms with E-state index in [1.807, 2.05) is 0 Å². The average Bonchev–Trinajstić information content (AvgIpc) is 3.07. The van der Waals surface area contributed by atoms with Crippen molar-refractivity contribution in [2.75, 3.05) is 12.0 Å². The first kappa shape index (κ1) is 18.6. The molecule has 1 aromatic rings. The molecule has 3 aliphatic heterocycles. The molecule has 8 nitrogen and oxygen atoms in total. The van der Waals surface area contributed by atoms with Gasteiger partial charge in [-0.15, -0.1) is 0 Å². The number of ether oxygens (including phenoxy) is 4. The van der Waals surface area contributed by atoms with E-state index < -0.39 is 42.5 Å². The Balaban J connectivity index is 1.50. The number of nitrogens with one attached hydrogen (secondary N) is 1. The number of anilines is 1. The van der Waals surface area contributed by atoms with E-state index in [-0.39, 0.29) is 12.3 Å². The molecule has 0 bridgehead atoms. The van der Waals surface area contributed by atoms with Gasteiger partial charge in [0.25, 0.3) is 0 Å². The van der Waals surface area contributed by atoms with Crippen molar-refractivity contribution in [2.45, 2.75) is 56.7 Å². The first-order valence-electron chi connectivity index (χ1n) is 8.72. The maximum absolute atomic E-state index is 12.7. The van der Waals surface area contributed by atoms with Crippen LogP contribution in [0.2, 0.25) is 5.02 Å². The second kappa shape index (κ2) is 6.72. The fourth-order valence-corrected chi connectivity index (χ4v) is 3.94. The number of carbonyl (C=O) groups excluding carboxylic acids is 2. The Morgan fingerprint density at radius 3 is 2.52 bits per heavy atom. The maximum Gasteiger partial charge on any atom is 0.329 e. The zero-order chi connectivity index (χ0) is 19.3. The molecule has 0 aromatic heterocycles. The summed E-state index contributed by atoms with van der Waals surface area (Å²) >= 11 is 5.87. The van der Waals surface area contributed by atoms with Crippen LogP contribution in [0.15, 0.2) is 24.3 Å². The first-order chi connectivity index (χ1) is 12.8. The number of imide groups is 1. The number of hydrogen-bond acceptors (Lipinski definition) is 6. The summed E-state index contributed by atoms with van der Waals surface area (Å²) in [6, 6.07) is 5.44. The van der Waals surface area contributed by atoms with Crippen LogP contribution in [-0.4, -0.2) is 55.5 Å². The van der Waals surface area contributed by atoms with E-state index in [0.717, 1.165) is 4.90 Å². The van der Waals surface area contributed by atoms with Gasteiger partial charge in [0.05, 0.1) is 18.2 Å². The van der Waals surface area contributed by atoms with Gasteiger partial charge in [0.2, 0.25) is 5.91 Å². The Bertz CT molecular complexity index is 737. The van der Waals surface area contributed by atoms with Crippen molar-refractivity contribution in [1.29, 1.82) is 0 Å². The Labute approximate surface area is 161 Å². The van der Waals surface area contributed by atoms with Crippen molar-refractivity contribution >= 4 is 29.2 Å². The molecular weight excluding hydrogens is 376 g/mol. The summed E-state index contributed by atoms with van der Waals surface area (Å²) in [4.78, 5) is 26.4. The summed E-state index contributed by atoms with van der Waals surface area (Å²) in [6.07, 6.45) is -1.97. The summed E-state index contributed by atoms with van der Waals surface area (Å²) in [5.41, 5.74) is 0.460. The van der Waals surface area contributed by atoms with Gasteiger partial charge in [-0.05, 0) is 38.1 Å². The highest BCUT2D eigenvalue weighted by atomic mass is 35.5. The minimum absolute atomic E-state index is 0.0712. The molecule has 27 heavy (non-hydrogen) atoms. The van der Waals surface area contributed by atoms with Crippen LogP contribution in [0.25, 0.3) is 0 Å². The number of hydrogen-bond donors (Lipinski definition) is 1. The molecule has 3 saturated heterocycles. The van der Waals surface area contributed by atoms with Crippen molar-refractivity contribution in [2.24, 2.45) is 0 Å². The molecule has 0 spiro atoms. The minimum Gasteiger partial charge on any atom is -0.376 e. The van der Waals surface area contributed by atoms with Crippen LogP contribution in [0.5, 0.6) is 0 Å². The molecule has 9 heteroatoms. The highest BCUT2D eigenvalue weighted by Gasteiger charge is 2.58. The predicted octanol–water partition coefficient (Wildman–Crippen LogP) is 2.05. The molecule has 1 N–H and O–H groups in total. The zero-order valence-electron chi connectivity index (χ0n) is 15.2. The van der Waals surface area contributed by atoms with Crippen LogP contribution in [0.4, 0.5) is 10.5 Å². The van der Waals surface area contributed by atoms with Crippen LogP contribution in [-0.2, 0) is 23.7 Å². The van der Waals surface area contributed by atoms with Gasteiger partial charge in [0.15, 0.2) is 12.1 Å². The molecule has 3 fully saturated rings. The molecule has 4 rings (SSSR count). The molecule has 1 aromatic carbocycles. The maximum atomic E-state index is 12.7. The van der Waals surface area contributed by atoms with Crippen molar-refractivity contribution in [3.05, 3.63) is 29.3 Å². The lowest BCUT2D eigenvalue weighted by molar-refractivity contribution is -0.219. The van der Waals surface area contributed by atoms with Crippen molar-refractivity contribution < 1.29 is 28.5 Å². The van der Waals surface area contributed by atoms with E-state index in [1.165, 1.54) is 0 Å².